The summed E-state index contributed by atoms with van der Waals surface area (Å²) in [5.74, 6) is 0.290. The molecular formula is C25H28N2O5S. The number of ether oxygens (including phenoxy) is 2. The van der Waals surface area contributed by atoms with E-state index in [9.17, 15) is 13.2 Å². The fraction of sp³-hybridized carbons (Fsp3) is 0.240. The Labute approximate surface area is 194 Å². The molecule has 0 saturated carbocycles. The van der Waals surface area contributed by atoms with Gasteiger partial charge in [0.1, 0.15) is 12.4 Å². The third kappa shape index (κ3) is 7.34. The van der Waals surface area contributed by atoms with Crippen LogP contribution in [0.15, 0.2) is 83.8 Å². The van der Waals surface area contributed by atoms with E-state index in [2.05, 4.69) is 10.0 Å². The van der Waals surface area contributed by atoms with Gasteiger partial charge in [-0.2, -0.15) is 0 Å². The molecule has 3 aromatic rings. The fourth-order valence-corrected chi connectivity index (χ4v) is 4.16. The summed E-state index contributed by atoms with van der Waals surface area (Å²) >= 11 is 0. The monoisotopic (exact) mass is 468 g/mol. The minimum atomic E-state index is -3.87. The van der Waals surface area contributed by atoms with E-state index in [0.717, 1.165) is 5.56 Å². The molecule has 0 heterocycles. The van der Waals surface area contributed by atoms with Gasteiger partial charge in [-0.3, -0.25) is 9.52 Å². The topological polar surface area (TPSA) is 93.7 Å². The first-order chi connectivity index (χ1) is 15.9. The van der Waals surface area contributed by atoms with Crippen LogP contribution in [-0.4, -0.2) is 34.1 Å². The van der Waals surface area contributed by atoms with Crippen LogP contribution in [0.5, 0.6) is 5.75 Å². The van der Waals surface area contributed by atoms with Crippen LogP contribution in [-0.2, 0) is 21.4 Å². The van der Waals surface area contributed by atoms with E-state index in [-0.39, 0.29) is 22.4 Å². The molecule has 3 aromatic carbocycles. The lowest BCUT2D eigenvalue weighted by atomic mass is 10.2. The van der Waals surface area contributed by atoms with Crippen LogP contribution in [0.1, 0.15) is 29.3 Å². The normalized spacial score (nSPS) is 12.1. The van der Waals surface area contributed by atoms with Gasteiger partial charge < -0.3 is 14.8 Å². The average Bonchev–Trinajstić information content (AvgIpc) is 2.83. The van der Waals surface area contributed by atoms with Crippen LogP contribution in [0, 0.1) is 0 Å². The number of sulfonamides is 1. The van der Waals surface area contributed by atoms with Crippen molar-refractivity contribution in [2.45, 2.75) is 30.9 Å². The van der Waals surface area contributed by atoms with Crippen molar-refractivity contribution in [1.82, 2.24) is 5.32 Å². The maximum Gasteiger partial charge on any atom is 0.261 e. The molecule has 0 spiro atoms. The van der Waals surface area contributed by atoms with Gasteiger partial charge >= 0.3 is 0 Å². The van der Waals surface area contributed by atoms with Gasteiger partial charge in [0.25, 0.3) is 15.9 Å². The molecule has 3 rings (SSSR count). The lowest BCUT2D eigenvalue weighted by Crippen LogP contribution is -2.33. The number of benzene rings is 3. The summed E-state index contributed by atoms with van der Waals surface area (Å²) in [4.78, 5) is 12.5. The van der Waals surface area contributed by atoms with Gasteiger partial charge in [0.05, 0.1) is 4.90 Å². The van der Waals surface area contributed by atoms with Crippen LogP contribution < -0.4 is 14.8 Å². The molecule has 8 heteroatoms. The summed E-state index contributed by atoms with van der Waals surface area (Å²) in [6.45, 7) is 2.81. The predicted molar refractivity (Wildman–Crippen MR) is 128 cm³/mol. The minimum absolute atomic E-state index is 0.00380. The molecule has 0 saturated heterocycles. The highest BCUT2D eigenvalue weighted by Crippen LogP contribution is 2.21. The lowest BCUT2D eigenvalue weighted by molar-refractivity contribution is 0.0929. The van der Waals surface area contributed by atoms with Crippen molar-refractivity contribution < 1.29 is 22.7 Å². The quantitative estimate of drug-likeness (QED) is 0.439. The van der Waals surface area contributed by atoms with Crippen LogP contribution in [0.4, 0.5) is 5.69 Å². The number of hydrogen-bond donors (Lipinski definition) is 2. The zero-order valence-corrected chi connectivity index (χ0v) is 19.5. The SMILES string of the molecule is COCCC(C)NC(=O)c1cccc(S(=O)(=O)Nc2ccc(OCc3ccccc3)cc2)c1. The fourth-order valence-electron chi connectivity index (χ4n) is 3.05. The molecule has 1 unspecified atom stereocenters. The third-order valence-electron chi connectivity index (χ3n) is 4.89. The second kappa shape index (κ2) is 11.5. The number of carbonyl (C=O) groups excluding carboxylic acids is 1. The van der Waals surface area contributed by atoms with Crippen molar-refractivity contribution in [1.29, 1.82) is 0 Å². The van der Waals surface area contributed by atoms with E-state index in [0.29, 0.717) is 31.1 Å². The molecule has 0 aliphatic rings. The van der Waals surface area contributed by atoms with Crippen molar-refractivity contribution in [2.24, 2.45) is 0 Å². The first-order valence-corrected chi connectivity index (χ1v) is 12.0. The van der Waals surface area contributed by atoms with Gasteiger partial charge in [-0.25, -0.2) is 8.42 Å². The van der Waals surface area contributed by atoms with Gasteiger partial charge in [0.2, 0.25) is 0 Å². The molecule has 0 fully saturated rings. The summed E-state index contributed by atoms with van der Waals surface area (Å²) in [5.41, 5.74) is 1.70. The molecule has 0 aromatic heterocycles. The third-order valence-corrected chi connectivity index (χ3v) is 6.27. The molecule has 1 amide bonds. The highest BCUT2D eigenvalue weighted by molar-refractivity contribution is 7.92. The van der Waals surface area contributed by atoms with Crippen LogP contribution in [0.25, 0.3) is 0 Å². The molecule has 7 nitrogen and oxygen atoms in total. The van der Waals surface area contributed by atoms with E-state index >= 15 is 0 Å². The van der Waals surface area contributed by atoms with Crippen molar-refractivity contribution in [2.75, 3.05) is 18.4 Å². The summed E-state index contributed by atoms with van der Waals surface area (Å²) in [6, 6.07) is 22.3. The lowest BCUT2D eigenvalue weighted by Gasteiger charge is -2.14. The highest BCUT2D eigenvalue weighted by atomic mass is 32.2. The maximum atomic E-state index is 12.8. The van der Waals surface area contributed by atoms with E-state index in [1.807, 2.05) is 37.3 Å². The zero-order valence-electron chi connectivity index (χ0n) is 18.7. The summed E-state index contributed by atoms with van der Waals surface area (Å²) in [6.07, 6.45) is 0.660. The Morgan fingerprint density at radius 3 is 2.39 bits per heavy atom. The number of rotatable bonds is 11. The Morgan fingerprint density at radius 1 is 0.970 bits per heavy atom. The number of methoxy groups -OCH3 is 1. The Kier molecular flexibility index (Phi) is 8.46. The molecule has 0 aliphatic carbocycles. The number of amides is 1. The van der Waals surface area contributed by atoms with Crippen LogP contribution in [0.2, 0.25) is 0 Å². The van der Waals surface area contributed by atoms with Crippen molar-refractivity contribution in [3.05, 3.63) is 90.0 Å². The Hall–Kier alpha value is -3.36. The Balaban J connectivity index is 1.63. The molecule has 2 N–H and O–H groups in total. The molecule has 0 bridgehead atoms. The predicted octanol–water partition coefficient (Wildman–Crippen LogP) is 4.22. The maximum absolute atomic E-state index is 12.8. The van der Waals surface area contributed by atoms with Gasteiger partial charge in [-0.15, -0.1) is 0 Å². The summed E-state index contributed by atoms with van der Waals surface area (Å²) in [5, 5.41) is 2.84. The first-order valence-electron chi connectivity index (χ1n) is 10.6. The Bertz CT molecular complexity index is 1150. The largest absolute Gasteiger partial charge is 0.489 e. The van der Waals surface area contributed by atoms with Crippen LogP contribution >= 0.6 is 0 Å². The number of hydrogen-bond acceptors (Lipinski definition) is 5. The van der Waals surface area contributed by atoms with Crippen molar-refractivity contribution in [3.8, 4) is 5.75 Å². The molecule has 174 valence electrons. The zero-order chi connectivity index (χ0) is 23.7. The highest BCUT2D eigenvalue weighted by Gasteiger charge is 2.17. The number of carbonyl (C=O) groups is 1. The van der Waals surface area contributed by atoms with E-state index in [1.54, 1.807) is 43.5 Å². The van der Waals surface area contributed by atoms with Crippen molar-refractivity contribution >= 4 is 21.6 Å². The standard InChI is InChI=1S/C25H28N2O5S/c1-19(15-16-31-2)26-25(28)21-9-6-10-24(17-21)33(29,30)27-22-11-13-23(14-12-22)32-18-20-7-4-3-5-8-20/h3-14,17,19,27H,15-16,18H2,1-2H3,(H,26,28). The van der Waals surface area contributed by atoms with E-state index in [4.69, 9.17) is 9.47 Å². The van der Waals surface area contributed by atoms with E-state index in [1.165, 1.54) is 12.1 Å². The van der Waals surface area contributed by atoms with E-state index < -0.39 is 10.0 Å². The van der Waals surface area contributed by atoms with Gasteiger partial charge in [-0.1, -0.05) is 36.4 Å². The Morgan fingerprint density at radius 2 is 1.70 bits per heavy atom. The number of anilines is 1. The van der Waals surface area contributed by atoms with Gasteiger partial charge in [-0.05, 0) is 61.4 Å². The average molecular weight is 469 g/mol. The van der Waals surface area contributed by atoms with Crippen molar-refractivity contribution in [3.63, 3.8) is 0 Å². The summed E-state index contributed by atoms with van der Waals surface area (Å²) in [7, 11) is -2.27. The van der Waals surface area contributed by atoms with Gasteiger partial charge in [0.15, 0.2) is 0 Å². The summed E-state index contributed by atoms with van der Waals surface area (Å²) < 4.78 is 39.0. The van der Waals surface area contributed by atoms with Gasteiger partial charge in [0, 0.05) is 31.0 Å². The molecule has 0 radical (unpaired) electrons. The molecular weight excluding hydrogens is 440 g/mol. The van der Waals surface area contributed by atoms with Crippen LogP contribution in [0.3, 0.4) is 0 Å². The molecule has 0 aliphatic heterocycles. The minimum Gasteiger partial charge on any atom is -0.489 e. The first kappa shape index (κ1) is 24.3. The number of nitrogens with one attached hydrogen (secondary N) is 2. The molecule has 1 atom stereocenters. The molecule has 33 heavy (non-hydrogen) atoms. The smallest absolute Gasteiger partial charge is 0.261 e. The second-order valence-corrected chi connectivity index (χ2v) is 9.27. The second-order valence-electron chi connectivity index (χ2n) is 7.59.